The molecule has 1 aromatic heterocycles. The summed E-state index contributed by atoms with van der Waals surface area (Å²) < 4.78 is 0. The van der Waals surface area contributed by atoms with Crippen molar-refractivity contribution in [1.82, 2.24) is 10.2 Å². The van der Waals surface area contributed by atoms with Crippen LogP contribution in [0.3, 0.4) is 0 Å². The second-order valence-corrected chi connectivity index (χ2v) is 2.05. The van der Waals surface area contributed by atoms with Gasteiger partial charge in [0.15, 0.2) is 0 Å². The highest BCUT2D eigenvalue weighted by molar-refractivity contribution is 7.79. The van der Waals surface area contributed by atoms with Crippen LogP contribution in [0.2, 0.25) is 0 Å². The van der Waals surface area contributed by atoms with Crippen LogP contribution < -0.4 is 0 Å². The summed E-state index contributed by atoms with van der Waals surface area (Å²) in [6.07, 6.45) is 1.45. The minimum absolute atomic E-state index is 0.120. The van der Waals surface area contributed by atoms with Gasteiger partial charge in [0.25, 0.3) is 0 Å². The molecule has 0 saturated heterocycles. The zero-order valence-electron chi connectivity index (χ0n) is 5.03. The Morgan fingerprint density at radius 1 is 1.90 bits per heavy atom. The molecule has 0 unspecified atom stereocenters. The van der Waals surface area contributed by atoms with E-state index in [2.05, 4.69) is 22.8 Å². The van der Waals surface area contributed by atoms with Gasteiger partial charge in [-0.05, 0) is 0 Å². The first-order chi connectivity index (χ1) is 4.75. The number of carboxylic acid groups (broad SMARTS) is 1. The molecule has 0 amide bonds. The number of carboxylic acids is 1. The highest BCUT2D eigenvalue weighted by Crippen LogP contribution is 2.06. The molecule has 10 heavy (non-hydrogen) atoms. The smallest absolute Gasteiger partial charge is 0.354 e. The molecule has 0 radical (unpaired) electrons. The molecule has 0 bridgehead atoms. The molecule has 0 aromatic carbocycles. The fraction of sp³-hybridized carbons (Fsp3) is 0.200. The summed E-state index contributed by atoms with van der Waals surface area (Å²) in [6.45, 7) is 0. The molecule has 54 valence electrons. The van der Waals surface area contributed by atoms with Gasteiger partial charge in [-0.1, -0.05) is 0 Å². The fourth-order valence-electron chi connectivity index (χ4n) is 0.616. The van der Waals surface area contributed by atoms with Gasteiger partial charge in [0.05, 0.1) is 6.20 Å². The molecule has 1 aromatic rings. The van der Waals surface area contributed by atoms with Gasteiger partial charge in [-0.3, -0.25) is 5.10 Å². The number of H-pyrrole nitrogens is 1. The topological polar surface area (TPSA) is 66.0 Å². The Labute approximate surface area is 62.7 Å². The summed E-state index contributed by atoms with van der Waals surface area (Å²) in [5.74, 6) is -0.612. The number of carbonyl (C=O) groups is 1. The van der Waals surface area contributed by atoms with E-state index in [1.807, 2.05) is 0 Å². The Morgan fingerprint density at radius 3 is 3.00 bits per heavy atom. The summed E-state index contributed by atoms with van der Waals surface area (Å²) >= 11 is 3.92. The molecule has 0 spiro atoms. The fourth-order valence-corrected chi connectivity index (χ4v) is 0.856. The lowest BCUT2D eigenvalue weighted by Gasteiger charge is -1.89. The van der Waals surface area contributed by atoms with Crippen molar-refractivity contribution < 1.29 is 9.90 Å². The number of aromatic carboxylic acids is 1. The maximum Gasteiger partial charge on any atom is 0.354 e. The molecule has 1 heterocycles. The molecule has 2 N–H and O–H groups in total. The molecular weight excluding hydrogens is 152 g/mol. The molecule has 0 atom stereocenters. The summed E-state index contributed by atoms with van der Waals surface area (Å²) in [5.41, 5.74) is 0.728. The predicted octanol–water partition coefficient (Wildman–Crippen LogP) is 0.538. The highest BCUT2D eigenvalue weighted by atomic mass is 32.1. The number of aromatic nitrogens is 2. The van der Waals surface area contributed by atoms with Crippen molar-refractivity contribution in [3.05, 3.63) is 17.5 Å². The van der Waals surface area contributed by atoms with Crippen LogP contribution in [-0.4, -0.2) is 21.3 Å². The van der Waals surface area contributed by atoms with E-state index in [0.29, 0.717) is 11.3 Å². The number of hydrogen-bond acceptors (Lipinski definition) is 3. The second kappa shape index (κ2) is 2.74. The minimum atomic E-state index is -0.999. The molecule has 0 fully saturated rings. The third kappa shape index (κ3) is 1.13. The molecule has 1 rings (SSSR count). The van der Waals surface area contributed by atoms with E-state index < -0.39 is 5.97 Å². The molecule has 0 aliphatic heterocycles. The van der Waals surface area contributed by atoms with E-state index in [0.717, 1.165) is 0 Å². The lowest BCUT2D eigenvalue weighted by atomic mass is 10.3. The van der Waals surface area contributed by atoms with Crippen molar-refractivity contribution in [1.29, 1.82) is 0 Å². The zero-order valence-corrected chi connectivity index (χ0v) is 5.93. The van der Waals surface area contributed by atoms with E-state index in [-0.39, 0.29) is 5.69 Å². The number of rotatable bonds is 2. The Bertz CT molecular complexity index is 246. The van der Waals surface area contributed by atoms with Gasteiger partial charge in [-0.25, -0.2) is 4.79 Å². The standard InChI is InChI=1S/C5H6N2O2S/c8-5(9)4-3(2-10)1-6-7-4/h1,10H,2H2,(H,6,7)(H,8,9). The third-order valence-corrected chi connectivity index (χ3v) is 1.44. The van der Waals surface area contributed by atoms with Crippen LogP contribution in [0.5, 0.6) is 0 Å². The van der Waals surface area contributed by atoms with E-state index in [1.54, 1.807) is 0 Å². The van der Waals surface area contributed by atoms with E-state index in [1.165, 1.54) is 6.20 Å². The number of aromatic amines is 1. The van der Waals surface area contributed by atoms with Crippen molar-refractivity contribution >= 4 is 18.6 Å². The van der Waals surface area contributed by atoms with Crippen molar-refractivity contribution in [2.24, 2.45) is 0 Å². The third-order valence-electron chi connectivity index (χ3n) is 1.10. The second-order valence-electron chi connectivity index (χ2n) is 1.73. The maximum absolute atomic E-state index is 10.3. The molecular formula is C5H6N2O2S. The molecule has 4 nitrogen and oxygen atoms in total. The SMILES string of the molecule is O=C(O)c1[nH]ncc1CS. The van der Waals surface area contributed by atoms with E-state index >= 15 is 0 Å². The monoisotopic (exact) mass is 158 g/mol. The largest absolute Gasteiger partial charge is 0.477 e. The van der Waals surface area contributed by atoms with Crippen LogP contribution in [0, 0.1) is 0 Å². The summed E-state index contributed by atoms with van der Waals surface area (Å²) in [4.78, 5) is 10.3. The molecule has 0 saturated carbocycles. The van der Waals surface area contributed by atoms with Gasteiger partial charge < -0.3 is 5.11 Å². The number of thiol groups is 1. The summed E-state index contributed by atoms with van der Waals surface area (Å²) in [7, 11) is 0. The van der Waals surface area contributed by atoms with Gasteiger partial charge in [0.1, 0.15) is 5.69 Å². The van der Waals surface area contributed by atoms with E-state index in [9.17, 15) is 4.79 Å². The predicted molar refractivity (Wildman–Crippen MR) is 38.2 cm³/mol. The first-order valence-electron chi connectivity index (χ1n) is 2.62. The Hall–Kier alpha value is -0.970. The Kier molecular flexibility index (Phi) is 1.96. The van der Waals surface area contributed by atoms with Crippen LogP contribution in [-0.2, 0) is 5.75 Å². The highest BCUT2D eigenvalue weighted by Gasteiger charge is 2.09. The van der Waals surface area contributed by atoms with Gasteiger partial charge in [-0.2, -0.15) is 17.7 Å². The first-order valence-corrected chi connectivity index (χ1v) is 3.25. The zero-order chi connectivity index (χ0) is 7.56. The van der Waals surface area contributed by atoms with Crippen molar-refractivity contribution in [2.75, 3.05) is 0 Å². The van der Waals surface area contributed by atoms with Gasteiger partial charge in [-0.15, -0.1) is 0 Å². The van der Waals surface area contributed by atoms with Crippen LogP contribution in [0.25, 0.3) is 0 Å². The van der Waals surface area contributed by atoms with Gasteiger partial charge in [0.2, 0.25) is 0 Å². The van der Waals surface area contributed by atoms with Crippen LogP contribution >= 0.6 is 12.6 Å². The van der Waals surface area contributed by atoms with Crippen LogP contribution in [0.15, 0.2) is 6.20 Å². The number of nitrogens with zero attached hydrogens (tertiary/aromatic N) is 1. The number of hydrogen-bond donors (Lipinski definition) is 3. The van der Waals surface area contributed by atoms with E-state index in [4.69, 9.17) is 5.11 Å². The van der Waals surface area contributed by atoms with Crippen molar-refractivity contribution in [2.45, 2.75) is 5.75 Å². The molecule has 0 aliphatic carbocycles. The Balaban J connectivity index is 3.01. The minimum Gasteiger partial charge on any atom is -0.477 e. The average Bonchev–Trinajstić information content (AvgIpc) is 2.33. The molecule has 5 heteroatoms. The number of nitrogens with one attached hydrogen (secondary N) is 1. The molecule has 0 aliphatic rings. The lowest BCUT2D eigenvalue weighted by Crippen LogP contribution is -1.99. The van der Waals surface area contributed by atoms with Crippen LogP contribution in [0.4, 0.5) is 0 Å². The maximum atomic E-state index is 10.3. The first kappa shape index (κ1) is 7.14. The van der Waals surface area contributed by atoms with Gasteiger partial charge in [0, 0.05) is 11.3 Å². The van der Waals surface area contributed by atoms with Crippen molar-refractivity contribution in [3.63, 3.8) is 0 Å². The Morgan fingerprint density at radius 2 is 2.60 bits per heavy atom. The van der Waals surface area contributed by atoms with Crippen molar-refractivity contribution in [3.8, 4) is 0 Å². The van der Waals surface area contributed by atoms with Crippen LogP contribution in [0.1, 0.15) is 16.1 Å². The average molecular weight is 158 g/mol. The summed E-state index contributed by atoms with van der Waals surface area (Å²) in [6, 6.07) is 0. The lowest BCUT2D eigenvalue weighted by molar-refractivity contribution is 0.0689. The van der Waals surface area contributed by atoms with Gasteiger partial charge >= 0.3 is 5.97 Å². The quantitative estimate of drug-likeness (QED) is 0.550. The normalized spacial score (nSPS) is 9.70. The summed E-state index contributed by atoms with van der Waals surface area (Å²) in [5, 5.41) is 14.4.